The van der Waals surface area contributed by atoms with Crippen molar-refractivity contribution in [1.29, 1.82) is 0 Å². The number of carbonyl (C=O) groups is 2. The van der Waals surface area contributed by atoms with Crippen molar-refractivity contribution in [2.24, 2.45) is 0 Å². The fraction of sp³-hybridized carbons (Fsp3) is 0.0667. The van der Waals surface area contributed by atoms with E-state index in [1.807, 2.05) is 0 Å². The van der Waals surface area contributed by atoms with Crippen molar-refractivity contribution in [2.45, 2.75) is 6.42 Å². The van der Waals surface area contributed by atoms with Gasteiger partial charge in [0.25, 0.3) is 0 Å². The van der Waals surface area contributed by atoms with Gasteiger partial charge < -0.3 is 10.6 Å². The van der Waals surface area contributed by atoms with Gasteiger partial charge >= 0.3 is 0 Å². The Hall–Kier alpha value is -2.28. The summed E-state index contributed by atoms with van der Waals surface area (Å²) in [6.07, 6.45) is -0.479. The average molecular weight is 369 g/mol. The maximum atomic E-state index is 13.4. The predicted molar refractivity (Wildman–Crippen MR) is 82.4 cm³/mol. The quantitative estimate of drug-likeness (QED) is 0.808. The van der Waals surface area contributed by atoms with Gasteiger partial charge in [-0.2, -0.15) is 0 Å². The summed E-state index contributed by atoms with van der Waals surface area (Å²) in [5.41, 5.74) is 0.358. The summed E-state index contributed by atoms with van der Waals surface area (Å²) in [4.78, 5) is 23.4. The Bertz CT molecular complexity index is 705. The molecule has 2 rings (SSSR count). The molecule has 0 saturated carbocycles. The highest BCUT2D eigenvalue weighted by molar-refractivity contribution is 9.10. The van der Waals surface area contributed by atoms with Gasteiger partial charge in [0.15, 0.2) is 0 Å². The van der Waals surface area contributed by atoms with Gasteiger partial charge in [-0.25, -0.2) is 8.78 Å². The summed E-state index contributed by atoms with van der Waals surface area (Å²) in [7, 11) is 0. The third-order valence-corrected chi connectivity index (χ3v) is 3.18. The number of halogens is 3. The van der Waals surface area contributed by atoms with Crippen LogP contribution in [0.2, 0.25) is 0 Å². The topological polar surface area (TPSA) is 58.2 Å². The first-order valence-corrected chi connectivity index (χ1v) is 7.03. The Kier molecular flexibility index (Phi) is 5.21. The van der Waals surface area contributed by atoms with Crippen molar-refractivity contribution in [3.05, 3.63) is 58.6 Å². The smallest absolute Gasteiger partial charge is 0.233 e. The molecular formula is C15H11BrF2N2O2. The molecular weight excluding hydrogens is 358 g/mol. The minimum absolute atomic E-state index is 0.178. The first kappa shape index (κ1) is 16.1. The zero-order chi connectivity index (χ0) is 16.1. The van der Waals surface area contributed by atoms with Crippen LogP contribution in [0.4, 0.5) is 20.2 Å². The van der Waals surface area contributed by atoms with Crippen LogP contribution < -0.4 is 10.6 Å². The maximum absolute atomic E-state index is 13.4. The fourth-order valence-corrected chi connectivity index (χ4v) is 1.93. The number of amides is 2. The van der Waals surface area contributed by atoms with Gasteiger partial charge in [0.1, 0.15) is 18.1 Å². The molecule has 0 saturated heterocycles. The minimum Gasteiger partial charge on any atom is -0.326 e. The Morgan fingerprint density at radius 1 is 0.955 bits per heavy atom. The maximum Gasteiger partial charge on any atom is 0.233 e. The minimum atomic E-state index is -0.901. The molecule has 0 aliphatic carbocycles. The number of rotatable bonds is 4. The second-order valence-electron chi connectivity index (χ2n) is 4.40. The highest BCUT2D eigenvalue weighted by atomic mass is 79.9. The monoisotopic (exact) mass is 368 g/mol. The van der Waals surface area contributed by atoms with Crippen molar-refractivity contribution in [3.63, 3.8) is 0 Å². The summed E-state index contributed by atoms with van der Waals surface area (Å²) < 4.78 is 27.0. The molecule has 0 aliphatic rings. The Balaban J connectivity index is 1.91. The SMILES string of the molecule is O=C(CC(=O)Nc1ccc(F)cc1F)Nc1ccc(Br)cc1. The Labute approximate surface area is 133 Å². The van der Waals surface area contributed by atoms with Gasteiger partial charge in [0, 0.05) is 16.2 Å². The number of hydrogen-bond acceptors (Lipinski definition) is 2. The summed E-state index contributed by atoms with van der Waals surface area (Å²) in [6, 6.07) is 9.57. The van der Waals surface area contributed by atoms with E-state index in [1.54, 1.807) is 24.3 Å². The molecule has 0 fully saturated rings. The van der Waals surface area contributed by atoms with Gasteiger partial charge in [-0.05, 0) is 36.4 Å². The average Bonchev–Trinajstić information content (AvgIpc) is 2.44. The van der Waals surface area contributed by atoms with E-state index in [9.17, 15) is 18.4 Å². The first-order valence-electron chi connectivity index (χ1n) is 6.24. The largest absolute Gasteiger partial charge is 0.326 e. The number of benzene rings is 2. The number of nitrogens with one attached hydrogen (secondary N) is 2. The van der Waals surface area contributed by atoms with Crippen LogP contribution in [0, 0.1) is 11.6 Å². The molecule has 0 radical (unpaired) electrons. The van der Waals surface area contributed by atoms with Crippen LogP contribution in [0.25, 0.3) is 0 Å². The van der Waals surface area contributed by atoms with E-state index < -0.39 is 29.9 Å². The highest BCUT2D eigenvalue weighted by Gasteiger charge is 2.12. The third-order valence-electron chi connectivity index (χ3n) is 2.65. The Morgan fingerprint density at radius 3 is 2.23 bits per heavy atom. The van der Waals surface area contributed by atoms with Crippen LogP contribution in [-0.4, -0.2) is 11.8 Å². The first-order chi connectivity index (χ1) is 10.4. The van der Waals surface area contributed by atoms with Gasteiger partial charge in [-0.15, -0.1) is 0 Å². The fourth-order valence-electron chi connectivity index (χ4n) is 1.67. The lowest BCUT2D eigenvalue weighted by Gasteiger charge is -2.07. The molecule has 4 nitrogen and oxygen atoms in total. The van der Waals surface area contributed by atoms with E-state index >= 15 is 0 Å². The summed E-state index contributed by atoms with van der Waals surface area (Å²) in [6.45, 7) is 0. The lowest BCUT2D eigenvalue weighted by Crippen LogP contribution is -2.21. The van der Waals surface area contributed by atoms with E-state index in [0.29, 0.717) is 11.8 Å². The van der Waals surface area contributed by atoms with E-state index in [-0.39, 0.29) is 5.69 Å². The number of carbonyl (C=O) groups excluding carboxylic acids is 2. The molecule has 0 atom stereocenters. The second kappa shape index (κ2) is 7.13. The molecule has 0 bridgehead atoms. The highest BCUT2D eigenvalue weighted by Crippen LogP contribution is 2.16. The van der Waals surface area contributed by atoms with Gasteiger partial charge in [-0.3, -0.25) is 9.59 Å². The second-order valence-corrected chi connectivity index (χ2v) is 5.32. The number of anilines is 2. The van der Waals surface area contributed by atoms with Crippen LogP contribution in [0.1, 0.15) is 6.42 Å². The van der Waals surface area contributed by atoms with Crippen molar-refractivity contribution < 1.29 is 18.4 Å². The van der Waals surface area contributed by atoms with E-state index in [1.165, 1.54) is 0 Å². The molecule has 0 spiro atoms. The number of hydrogen-bond donors (Lipinski definition) is 2. The normalized spacial score (nSPS) is 10.1. The Morgan fingerprint density at radius 2 is 1.59 bits per heavy atom. The summed E-state index contributed by atoms with van der Waals surface area (Å²) in [5.74, 6) is -2.88. The molecule has 114 valence electrons. The van der Waals surface area contributed by atoms with Crippen molar-refractivity contribution in [1.82, 2.24) is 0 Å². The predicted octanol–water partition coefficient (Wildman–Crippen LogP) is 3.69. The van der Waals surface area contributed by atoms with Gasteiger partial charge in [0.2, 0.25) is 11.8 Å². The molecule has 2 aromatic carbocycles. The van der Waals surface area contributed by atoms with Gasteiger partial charge in [-0.1, -0.05) is 15.9 Å². The van der Waals surface area contributed by atoms with Crippen LogP contribution >= 0.6 is 15.9 Å². The van der Waals surface area contributed by atoms with Gasteiger partial charge in [0.05, 0.1) is 5.69 Å². The molecule has 0 heterocycles. The van der Waals surface area contributed by atoms with Crippen LogP contribution in [0.3, 0.4) is 0 Å². The van der Waals surface area contributed by atoms with Crippen LogP contribution in [0.5, 0.6) is 0 Å². The zero-order valence-electron chi connectivity index (χ0n) is 11.2. The molecule has 7 heteroatoms. The zero-order valence-corrected chi connectivity index (χ0v) is 12.8. The summed E-state index contributed by atoms with van der Waals surface area (Å²) in [5, 5.41) is 4.75. The molecule has 0 unspecified atom stereocenters. The van der Waals surface area contributed by atoms with Crippen molar-refractivity contribution in [2.75, 3.05) is 10.6 Å². The molecule has 2 amide bonds. The molecule has 2 aromatic rings. The van der Waals surface area contributed by atoms with E-state index in [4.69, 9.17) is 0 Å². The molecule has 22 heavy (non-hydrogen) atoms. The van der Waals surface area contributed by atoms with Crippen LogP contribution in [-0.2, 0) is 9.59 Å². The molecule has 0 aliphatic heterocycles. The molecule has 2 N–H and O–H groups in total. The lowest BCUT2D eigenvalue weighted by atomic mass is 10.2. The van der Waals surface area contributed by atoms with Crippen molar-refractivity contribution >= 4 is 39.1 Å². The third kappa shape index (κ3) is 4.63. The van der Waals surface area contributed by atoms with Crippen LogP contribution in [0.15, 0.2) is 46.9 Å². The lowest BCUT2D eigenvalue weighted by molar-refractivity contribution is -0.123. The van der Waals surface area contributed by atoms with Crippen molar-refractivity contribution in [3.8, 4) is 0 Å². The molecule has 0 aromatic heterocycles. The van der Waals surface area contributed by atoms with E-state index in [0.717, 1.165) is 16.6 Å². The summed E-state index contributed by atoms with van der Waals surface area (Å²) >= 11 is 3.26. The van der Waals surface area contributed by atoms with E-state index in [2.05, 4.69) is 26.6 Å². The standard InChI is InChI=1S/C15H11BrF2N2O2/c16-9-1-4-11(5-2-9)19-14(21)8-15(22)20-13-6-3-10(17)7-12(13)18/h1-7H,8H2,(H,19,21)(H,20,22).